The van der Waals surface area contributed by atoms with Crippen LogP contribution in [-0.2, 0) is 43.0 Å². The minimum absolute atomic E-state index is 0.0322. The van der Waals surface area contributed by atoms with Crippen molar-refractivity contribution in [3.63, 3.8) is 0 Å². The Morgan fingerprint density at radius 2 is 1.33 bits per heavy atom. The molecule has 2 aliphatic rings. The van der Waals surface area contributed by atoms with Crippen LogP contribution in [-0.4, -0.2) is 85.7 Å². The first kappa shape index (κ1) is 20.7. The number of carbonyl (C=O) groups excluding carboxylic acids is 5. The number of imide groups is 2. The van der Waals surface area contributed by atoms with Crippen LogP contribution in [0.1, 0.15) is 12.8 Å². The van der Waals surface area contributed by atoms with Gasteiger partial charge in [-0.15, -0.1) is 5.06 Å². The molecule has 0 aromatic rings. The second kappa shape index (κ2) is 10.5. The van der Waals surface area contributed by atoms with Crippen LogP contribution in [0.15, 0.2) is 12.2 Å². The Balaban J connectivity index is 1.40. The Hall–Kier alpha value is -2.63. The SMILES string of the molecule is O=C(COCCOCCOCCN1C(=O)C=CC1=O)ON1C(=O)CCC1=O. The van der Waals surface area contributed by atoms with E-state index in [1.54, 1.807) is 0 Å². The van der Waals surface area contributed by atoms with Crippen LogP contribution in [0.4, 0.5) is 0 Å². The number of carbonyl (C=O) groups is 5. The largest absolute Gasteiger partial charge is 0.377 e. The van der Waals surface area contributed by atoms with Gasteiger partial charge in [0.2, 0.25) is 0 Å². The molecule has 1 fully saturated rings. The molecule has 27 heavy (non-hydrogen) atoms. The molecule has 0 atom stereocenters. The lowest BCUT2D eigenvalue weighted by molar-refractivity contribution is -0.200. The van der Waals surface area contributed by atoms with Gasteiger partial charge in [-0.1, -0.05) is 0 Å². The first-order valence-corrected chi connectivity index (χ1v) is 8.32. The van der Waals surface area contributed by atoms with Gasteiger partial charge in [0.05, 0.1) is 39.6 Å². The normalized spacial score (nSPS) is 16.7. The molecule has 0 N–H and O–H groups in total. The fraction of sp³-hybridized carbons (Fsp3) is 0.562. The lowest BCUT2D eigenvalue weighted by atomic mass is 10.4. The summed E-state index contributed by atoms with van der Waals surface area (Å²) < 4.78 is 15.5. The van der Waals surface area contributed by atoms with E-state index in [-0.39, 0.29) is 64.2 Å². The smallest absolute Gasteiger partial charge is 0.358 e. The predicted octanol–water partition coefficient (Wildman–Crippen LogP) is -1.43. The van der Waals surface area contributed by atoms with Gasteiger partial charge in [0.25, 0.3) is 23.6 Å². The van der Waals surface area contributed by atoms with Crippen molar-refractivity contribution >= 4 is 29.6 Å². The zero-order valence-electron chi connectivity index (χ0n) is 14.6. The van der Waals surface area contributed by atoms with Crippen molar-refractivity contribution in [2.24, 2.45) is 0 Å². The van der Waals surface area contributed by atoms with Gasteiger partial charge in [0, 0.05) is 25.0 Å². The van der Waals surface area contributed by atoms with Gasteiger partial charge in [-0.2, -0.15) is 0 Å². The molecule has 0 aromatic heterocycles. The van der Waals surface area contributed by atoms with Crippen LogP contribution < -0.4 is 0 Å². The Morgan fingerprint density at radius 1 is 0.815 bits per heavy atom. The summed E-state index contributed by atoms with van der Waals surface area (Å²) in [5, 5.41) is 0.457. The molecule has 11 nitrogen and oxygen atoms in total. The fourth-order valence-corrected chi connectivity index (χ4v) is 2.19. The van der Waals surface area contributed by atoms with Crippen molar-refractivity contribution in [3.8, 4) is 0 Å². The molecule has 0 spiro atoms. The third kappa shape index (κ3) is 6.55. The minimum atomic E-state index is -0.845. The van der Waals surface area contributed by atoms with Gasteiger partial charge in [-0.05, 0) is 0 Å². The van der Waals surface area contributed by atoms with Crippen LogP contribution in [0.25, 0.3) is 0 Å². The topological polar surface area (TPSA) is 129 Å². The van der Waals surface area contributed by atoms with E-state index in [1.807, 2.05) is 0 Å². The summed E-state index contributed by atoms with van der Waals surface area (Å²) in [6.45, 7) is 0.819. The van der Waals surface area contributed by atoms with Crippen molar-refractivity contribution in [2.45, 2.75) is 12.8 Å². The molecule has 148 valence electrons. The Bertz CT molecular complexity index is 597. The Morgan fingerprint density at radius 3 is 1.93 bits per heavy atom. The lowest BCUT2D eigenvalue weighted by Gasteiger charge is -2.13. The summed E-state index contributed by atoms with van der Waals surface area (Å²) in [6, 6.07) is 0. The number of rotatable bonds is 12. The first-order chi connectivity index (χ1) is 13.0. The fourth-order valence-electron chi connectivity index (χ4n) is 2.19. The maximum absolute atomic E-state index is 11.4. The second-order valence-corrected chi connectivity index (χ2v) is 5.48. The summed E-state index contributed by atoms with van der Waals surface area (Å²) in [4.78, 5) is 62.2. The first-order valence-electron chi connectivity index (χ1n) is 8.32. The van der Waals surface area contributed by atoms with Gasteiger partial charge in [0.15, 0.2) is 0 Å². The molecule has 4 amide bonds. The second-order valence-electron chi connectivity index (χ2n) is 5.48. The van der Waals surface area contributed by atoms with Crippen molar-refractivity contribution in [3.05, 3.63) is 12.2 Å². The highest BCUT2D eigenvalue weighted by Gasteiger charge is 2.32. The molecule has 2 heterocycles. The van der Waals surface area contributed by atoms with Gasteiger partial charge < -0.3 is 19.0 Å². The van der Waals surface area contributed by atoms with E-state index in [2.05, 4.69) is 4.84 Å². The monoisotopic (exact) mass is 384 g/mol. The van der Waals surface area contributed by atoms with Crippen molar-refractivity contribution < 1.29 is 43.0 Å². The van der Waals surface area contributed by atoms with Crippen LogP contribution in [0.5, 0.6) is 0 Å². The summed E-state index contributed by atoms with van der Waals surface area (Å²) in [7, 11) is 0. The van der Waals surface area contributed by atoms with Gasteiger partial charge in [0.1, 0.15) is 6.61 Å². The van der Waals surface area contributed by atoms with E-state index in [0.717, 1.165) is 4.90 Å². The maximum atomic E-state index is 11.4. The van der Waals surface area contributed by atoms with E-state index in [4.69, 9.17) is 14.2 Å². The highest BCUT2D eigenvalue weighted by Crippen LogP contribution is 2.11. The number of hydrogen-bond donors (Lipinski definition) is 0. The maximum Gasteiger partial charge on any atom is 0.358 e. The van der Waals surface area contributed by atoms with Crippen molar-refractivity contribution in [2.75, 3.05) is 46.2 Å². The highest BCUT2D eigenvalue weighted by molar-refractivity contribution is 6.12. The molecule has 0 radical (unpaired) electrons. The number of amides is 4. The number of ether oxygens (including phenoxy) is 3. The molecular weight excluding hydrogens is 364 g/mol. The molecule has 2 rings (SSSR count). The summed E-state index contributed by atoms with van der Waals surface area (Å²) >= 11 is 0. The summed E-state index contributed by atoms with van der Waals surface area (Å²) in [5.74, 6) is -2.65. The van der Waals surface area contributed by atoms with Crippen LogP contribution in [0.3, 0.4) is 0 Å². The van der Waals surface area contributed by atoms with Crippen LogP contribution >= 0.6 is 0 Å². The summed E-state index contributed by atoms with van der Waals surface area (Å²) in [6.07, 6.45) is 2.49. The number of nitrogens with zero attached hydrogens (tertiary/aromatic N) is 2. The van der Waals surface area contributed by atoms with E-state index >= 15 is 0 Å². The zero-order chi connectivity index (χ0) is 19.6. The number of hydrogen-bond acceptors (Lipinski definition) is 9. The minimum Gasteiger partial charge on any atom is -0.377 e. The van der Waals surface area contributed by atoms with Crippen molar-refractivity contribution in [1.29, 1.82) is 0 Å². The predicted molar refractivity (Wildman–Crippen MR) is 85.5 cm³/mol. The molecule has 0 saturated carbocycles. The third-order valence-electron chi connectivity index (χ3n) is 3.52. The quantitative estimate of drug-likeness (QED) is 0.294. The highest BCUT2D eigenvalue weighted by atomic mass is 16.7. The van der Waals surface area contributed by atoms with E-state index in [1.165, 1.54) is 12.2 Å². The third-order valence-corrected chi connectivity index (χ3v) is 3.52. The molecular formula is C16H20N2O9. The van der Waals surface area contributed by atoms with E-state index in [9.17, 15) is 24.0 Å². The van der Waals surface area contributed by atoms with Gasteiger partial charge in [-0.3, -0.25) is 24.1 Å². The Labute approximate surface area is 154 Å². The molecule has 11 heteroatoms. The average molecular weight is 384 g/mol. The average Bonchev–Trinajstić information content (AvgIpc) is 3.13. The van der Waals surface area contributed by atoms with Gasteiger partial charge >= 0.3 is 5.97 Å². The van der Waals surface area contributed by atoms with Gasteiger partial charge in [-0.25, -0.2) is 4.79 Å². The standard InChI is InChI=1S/C16H20N2O9/c19-12-1-2-13(20)17(12)5-6-24-7-8-25-9-10-26-11-16(23)27-18-14(21)3-4-15(18)22/h1-2H,3-11H2. The van der Waals surface area contributed by atoms with Crippen molar-refractivity contribution in [1.82, 2.24) is 9.96 Å². The lowest BCUT2D eigenvalue weighted by Crippen LogP contribution is -2.33. The van der Waals surface area contributed by atoms with Crippen LogP contribution in [0.2, 0.25) is 0 Å². The molecule has 0 aliphatic carbocycles. The molecule has 1 saturated heterocycles. The molecule has 2 aliphatic heterocycles. The molecule has 0 aromatic carbocycles. The van der Waals surface area contributed by atoms with E-state index < -0.39 is 24.4 Å². The number of hydroxylamine groups is 2. The van der Waals surface area contributed by atoms with E-state index in [0.29, 0.717) is 5.06 Å². The molecule has 0 bridgehead atoms. The summed E-state index contributed by atoms with van der Waals surface area (Å²) in [5.41, 5.74) is 0. The van der Waals surface area contributed by atoms with Crippen LogP contribution in [0, 0.1) is 0 Å². The zero-order valence-corrected chi connectivity index (χ0v) is 14.6. The molecule has 0 unspecified atom stereocenters. The Kier molecular flexibility index (Phi) is 8.04.